The van der Waals surface area contributed by atoms with Crippen LogP contribution in [0.1, 0.15) is 68.3 Å². The number of hydrogen-bond donors (Lipinski definition) is 4. The van der Waals surface area contributed by atoms with Crippen LogP contribution in [0.25, 0.3) is 22.2 Å². The van der Waals surface area contributed by atoms with Crippen LogP contribution in [0.5, 0.6) is 0 Å². The summed E-state index contributed by atoms with van der Waals surface area (Å²) in [6, 6.07) is 16.0. The van der Waals surface area contributed by atoms with E-state index in [2.05, 4.69) is 69.4 Å². The smallest absolute Gasteiger partial charge is 0.220 e. The van der Waals surface area contributed by atoms with Crippen LogP contribution in [0.3, 0.4) is 0 Å². The Morgan fingerprint density at radius 1 is 1.02 bits per heavy atom. The van der Waals surface area contributed by atoms with Gasteiger partial charge in [-0.1, -0.05) is 42.8 Å². The van der Waals surface area contributed by atoms with E-state index in [4.69, 9.17) is 21.3 Å². The maximum Gasteiger partial charge on any atom is 0.220 e. The monoisotopic (exact) mass is 712 g/mol. The van der Waals surface area contributed by atoms with E-state index in [0.717, 1.165) is 103 Å². The molecule has 3 saturated heterocycles. The van der Waals surface area contributed by atoms with Crippen LogP contribution in [-0.2, 0) is 46.9 Å². The number of benzene rings is 2. The van der Waals surface area contributed by atoms with E-state index < -0.39 is 0 Å². The number of ether oxygens (including phenoxy) is 1. The fourth-order valence-corrected chi connectivity index (χ4v) is 7.93. The Balaban J connectivity index is 0.939. The van der Waals surface area contributed by atoms with Crippen LogP contribution in [-0.4, -0.2) is 75.9 Å². The summed E-state index contributed by atoms with van der Waals surface area (Å²) in [5.41, 5.74) is 7.95. The van der Waals surface area contributed by atoms with E-state index in [9.17, 15) is 9.59 Å². The number of piperazine rings is 1. The predicted molar refractivity (Wildman–Crippen MR) is 200 cm³/mol. The van der Waals surface area contributed by atoms with Crippen LogP contribution in [0.2, 0.25) is 5.02 Å². The first kappa shape index (κ1) is 35.4. The molecule has 0 radical (unpaired) electrons. The average molecular weight is 713 g/mol. The molecule has 11 nitrogen and oxygen atoms in total. The molecule has 1 unspecified atom stereocenters. The van der Waals surface area contributed by atoms with Crippen molar-refractivity contribution < 1.29 is 14.3 Å². The van der Waals surface area contributed by atoms with Crippen molar-refractivity contribution in [2.75, 3.05) is 31.6 Å². The molecule has 12 heteroatoms. The second-order valence-corrected chi connectivity index (χ2v) is 14.4. The zero-order chi connectivity index (χ0) is 35.3. The Bertz CT molecular complexity index is 1870. The Kier molecular flexibility index (Phi) is 11.2. The lowest BCUT2D eigenvalue weighted by Crippen LogP contribution is -2.42. The molecule has 2 bridgehead atoms. The van der Waals surface area contributed by atoms with Crippen molar-refractivity contribution in [3.05, 3.63) is 76.1 Å². The number of likely N-dealkylation sites (tertiary alicyclic amines) is 1. The van der Waals surface area contributed by atoms with Crippen molar-refractivity contribution in [1.29, 1.82) is 0 Å². The molecule has 2 aromatic heterocycles. The summed E-state index contributed by atoms with van der Waals surface area (Å²) in [5.74, 6) is -0.357. The Morgan fingerprint density at radius 2 is 1.82 bits per heavy atom. The predicted octanol–water partition coefficient (Wildman–Crippen LogP) is 5.18. The van der Waals surface area contributed by atoms with Gasteiger partial charge in [-0.2, -0.15) is 5.10 Å². The number of carbonyl (C=O) groups is 2. The van der Waals surface area contributed by atoms with E-state index in [-0.39, 0.29) is 30.7 Å². The zero-order valence-electron chi connectivity index (χ0n) is 29.6. The topological polar surface area (TPSA) is 125 Å². The number of pyridine rings is 1. The molecule has 3 aliphatic heterocycles. The van der Waals surface area contributed by atoms with Crippen molar-refractivity contribution >= 4 is 40.1 Å². The Labute approximate surface area is 304 Å². The van der Waals surface area contributed by atoms with Gasteiger partial charge in [-0.3, -0.25) is 14.5 Å². The number of amides is 2. The highest BCUT2D eigenvalue weighted by Crippen LogP contribution is 2.33. The summed E-state index contributed by atoms with van der Waals surface area (Å²) in [4.78, 5) is 33.4. The molecule has 4 N–H and O–H groups in total. The quantitative estimate of drug-likeness (QED) is 0.141. The zero-order valence-corrected chi connectivity index (χ0v) is 30.4. The highest BCUT2D eigenvalue weighted by atomic mass is 35.5. The van der Waals surface area contributed by atoms with Crippen molar-refractivity contribution in [1.82, 2.24) is 35.6 Å². The number of fused-ring (bicyclic) bond motifs is 3. The van der Waals surface area contributed by atoms with Crippen LogP contribution < -0.4 is 21.3 Å². The fourth-order valence-electron chi connectivity index (χ4n) is 7.71. The number of aromatic nitrogens is 3. The lowest BCUT2D eigenvalue weighted by atomic mass is 10.0. The highest BCUT2D eigenvalue weighted by Gasteiger charge is 2.37. The molecule has 0 spiro atoms. The molecular formula is C39H49ClN8O3. The number of nitrogens with one attached hydrogen (secondary N) is 4. The van der Waals surface area contributed by atoms with E-state index in [1.165, 1.54) is 12.0 Å². The number of nitrogens with zero attached hydrogens (tertiary/aromatic N) is 4. The number of aryl methyl sites for hydroxylation is 2. The molecule has 5 heterocycles. The van der Waals surface area contributed by atoms with Gasteiger partial charge in [-0.05, 0) is 67.5 Å². The summed E-state index contributed by atoms with van der Waals surface area (Å²) in [6.07, 6.45) is 5.83. The standard InChI is InChI=1S/C39H49ClN8O3/c1-3-35-32(38(45-28-12-14-51-15-13-28)33-22-44-48(4-2)39(33)46-35)21-43-37(50)11-10-36(49)42-19-25-8-9-34(40)31(17-25)27-7-5-6-26(16-27)23-47-24-29-18-30(47)20-41-29/h5-9,16-17,22,28-30,41H,3-4,10-15,18-21,23-24H2,1-2H3,(H,42,49)(H,43,50)(H,45,46)/t29-,30?/m0/s1. The highest BCUT2D eigenvalue weighted by molar-refractivity contribution is 6.33. The maximum absolute atomic E-state index is 13.0. The largest absolute Gasteiger partial charge is 0.381 e. The van der Waals surface area contributed by atoms with E-state index in [1.54, 1.807) is 0 Å². The van der Waals surface area contributed by atoms with E-state index in [0.29, 0.717) is 30.2 Å². The minimum absolute atomic E-state index is 0.0901. The third-order valence-electron chi connectivity index (χ3n) is 10.5. The Hall–Kier alpha value is -4.03. The number of anilines is 1. The van der Waals surface area contributed by atoms with Gasteiger partial charge in [0.2, 0.25) is 11.8 Å². The van der Waals surface area contributed by atoms with Gasteiger partial charge in [-0.15, -0.1) is 0 Å². The summed E-state index contributed by atoms with van der Waals surface area (Å²) < 4.78 is 7.49. The third-order valence-corrected chi connectivity index (χ3v) is 10.9. The van der Waals surface area contributed by atoms with Gasteiger partial charge in [-0.25, -0.2) is 9.67 Å². The number of rotatable bonds is 14. The van der Waals surface area contributed by atoms with Crippen molar-refractivity contribution in [3.63, 3.8) is 0 Å². The summed E-state index contributed by atoms with van der Waals surface area (Å²) in [7, 11) is 0. The molecule has 2 aromatic carbocycles. The van der Waals surface area contributed by atoms with Gasteiger partial charge in [0.1, 0.15) is 0 Å². The molecule has 3 fully saturated rings. The maximum atomic E-state index is 13.0. The number of hydrogen-bond acceptors (Lipinski definition) is 8. The second-order valence-electron chi connectivity index (χ2n) is 14.0. The molecule has 4 aromatic rings. The lowest BCUT2D eigenvalue weighted by Gasteiger charge is -2.27. The first-order chi connectivity index (χ1) is 24.9. The molecule has 270 valence electrons. The van der Waals surface area contributed by atoms with Gasteiger partial charge in [0.25, 0.3) is 0 Å². The molecule has 0 aliphatic carbocycles. The summed E-state index contributed by atoms with van der Waals surface area (Å²) >= 11 is 6.67. The minimum Gasteiger partial charge on any atom is -0.381 e. The molecule has 3 aliphatic rings. The van der Waals surface area contributed by atoms with Crippen LogP contribution in [0.4, 0.5) is 5.69 Å². The second kappa shape index (κ2) is 16.1. The third kappa shape index (κ3) is 8.22. The van der Waals surface area contributed by atoms with Gasteiger partial charge < -0.3 is 26.0 Å². The van der Waals surface area contributed by atoms with Crippen LogP contribution in [0.15, 0.2) is 48.7 Å². The summed E-state index contributed by atoms with van der Waals surface area (Å²) in [5, 5.41) is 19.6. The molecular weight excluding hydrogens is 664 g/mol. The van der Waals surface area contributed by atoms with Gasteiger partial charge in [0, 0.05) is 105 Å². The van der Waals surface area contributed by atoms with E-state index in [1.807, 2.05) is 29.1 Å². The number of halogens is 1. The van der Waals surface area contributed by atoms with E-state index >= 15 is 0 Å². The number of carbonyl (C=O) groups excluding carboxylic acids is 2. The molecule has 2 amide bonds. The first-order valence-corrected chi connectivity index (χ1v) is 18.9. The summed E-state index contributed by atoms with van der Waals surface area (Å²) in [6.45, 7) is 10.1. The van der Waals surface area contributed by atoms with Crippen LogP contribution in [0, 0.1) is 0 Å². The van der Waals surface area contributed by atoms with Crippen LogP contribution >= 0.6 is 11.6 Å². The van der Waals surface area contributed by atoms with Gasteiger partial charge in [0.05, 0.1) is 17.3 Å². The molecule has 2 atom stereocenters. The molecule has 0 saturated carbocycles. The van der Waals surface area contributed by atoms with Crippen molar-refractivity contribution in [2.24, 2.45) is 0 Å². The molecule has 7 rings (SSSR count). The normalized spacial score (nSPS) is 19.1. The minimum atomic E-state index is -0.180. The first-order valence-electron chi connectivity index (χ1n) is 18.5. The SMILES string of the molecule is CCc1nc2c(cnn2CC)c(NC2CCOCC2)c1CNC(=O)CCC(=O)NCc1ccc(Cl)c(-c2cccc(CN3C[C@@H]4CC3CN4)c2)c1. The van der Waals surface area contributed by atoms with Gasteiger partial charge in [0.15, 0.2) is 5.65 Å². The molecule has 51 heavy (non-hydrogen) atoms. The van der Waals surface area contributed by atoms with Crippen molar-refractivity contribution in [3.8, 4) is 11.1 Å². The van der Waals surface area contributed by atoms with Gasteiger partial charge >= 0.3 is 0 Å². The van der Waals surface area contributed by atoms with Crippen molar-refractivity contribution in [2.45, 2.75) is 96.7 Å². The average Bonchev–Trinajstić information content (AvgIpc) is 3.90. The Morgan fingerprint density at radius 3 is 2.55 bits per heavy atom. The fraction of sp³-hybridized carbons (Fsp3) is 0.487. The lowest BCUT2D eigenvalue weighted by molar-refractivity contribution is -0.126.